The summed E-state index contributed by atoms with van der Waals surface area (Å²) in [6, 6.07) is 7.53. The van der Waals surface area contributed by atoms with Crippen LogP contribution in [0.15, 0.2) is 34.9 Å². The lowest BCUT2D eigenvalue weighted by Crippen LogP contribution is -2.10. The molecule has 0 spiro atoms. The van der Waals surface area contributed by atoms with Crippen molar-refractivity contribution in [3.8, 4) is 0 Å². The molecule has 0 saturated carbocycles. The monoisotopic (exact) mass is 324 g/mol. The molecular weight excluding hydrogens is 312 g/mol. The highest BCUT2D eigenvalue weighted by Crippen LogP contribution is 2.11. The van der Waals surface area contributed by atoms with Gasteiger partial charge in [0, 0.05) is 11.0 Å². The second-order valence-corrected chi connectivity index (χ2v) is 4.77. The van der Waals surface area contributed by atoms with Crippen molar-refractivity contribution in [3.05, 3.63) is 46.2 Å². The smallest absolute Gasteiger partial charge is 0.360 e. The van der Waals surface area contributed by atoms with Crippen LogP contribution in [0.2, 0.25) is 0 Å². The molecule has 7 heteroatoms. The molecule has 2 rings (SSSR count). The average Bonchev–Trinajstić information content (AvgIpc) is 2.87. The Kier molecular flexibility index (Phi) is 4.64. The van der Waals surface area contributed by atoms with Crippen molar-refractivity contribution in [1.82, 2.24) is 15.0 Å². The number of carbonyl (C=O) groups is 1. The Morgan fingerprint density at radius 3 is 2.79 bits per heavy atom. The molecular formula is C12H13BrN4O2. The Bertz CT molecular complexity index is 553. The van der Waals surface area contributed by atoms with Gasteiger partial charge in [0.2, 0.25) is 0 Å². The van der Waals surface area contributed by atoms with Crippen LogP contribution in [0.5, 0.6) is 0 Å². The maximum absolute atomic E-state index is 11.7. The van der Waals surface area contributed by atoms with Crippen LogP contribution in [0.4, 0.5) is 0 Å². The van der Waals surface area contributed by atoms with Crippen LogP contribution in [0.3, 0.4) is 0 Å². The Balaban J connectivity index is 1.91. The van der Waals surface area contributed by atoms with Gasteiger partial charge >= 0.3 is 5.97 Å². The van der Waals surface area contributed by atoms with Crippen molar-refractivity contribution < 1.29 is 9.53 Å². The maximum atomic E-state index is 11.7. The van der Waals surface area contributed by atoms with Gasteiger partial charge in [-0.2, -0.15) is 0 Å². The Morgan fingerprint density at radius 1 is 1.37 bits per heavy atom. The molecule has 1 heterocycles. The molecule has 0 saturated heterocycles. The molecule has 0 aliphatic rings. The molecule has 100 valence electrons. The van der Waals surface area contributed by atoms with Gasteiger partial charge in [-0.3, -0.25) is 4.68 Å². The predicted octanol–water partition coefficient (Wildman–Crippen LogP) is 1.36. The quantitative estimate of drug-likeness (QED) is 0.839. The standard InChI is InChI=1S/C12H13BrN4O2/c13-10-3-1-9(2-4-10)8-19-12(18)11-7-17(6-5-14)16-15-11/h1-4,7H,5-6,8,14H2. The zero-order chi connectivity index (χ0) is 13.7. The molecule has 1 aromatic heterocycles. The SMILES string of the molecule is NCCn1cc(C(=O)OCc2ccc(Br)cc2)nn1. The van der Waals surface area contributed by atoms with Crippen LogP contribution >= 0.6 is 15.9 Å². The topological polar surface area (TPSA) is 83.0 Å². The number of rotatable bonds is 5. The zero-order valence-electron chi connectivity index (χ0n) is 10.1. The molecule has 0 bridgehead atoms. The third kappa shape index (κ3) is 3.87. The van der Waals surface area contributed by atoms with E-state index < -0.39 is 5.97 Å². The molecule has 0 unspecified atom stereocenters. The molecule has 0 aliphatic carbocycles. The number of ether oxygens (including phenoxy) is 1. The second-order valence-electron chi connectivity index (χ2n) is 3.86. The van der Waals surface area contributed by atoms with Crippen molar-refractivity contribution in [2.45, 2.75) is 13.2 Å². The molecule has 2 aromatic rings. The first-order chi connectivity index (χ1) is 9.19. The summed E-state index contributed by atoms with van der Waals surface area (Å²) in [5, 5.41) is 7.51. The molecule has 19 heavy (non-hydrogen) atoms. The summed E-state index contributed by atoms with van der Waals surface area (Å²) in [7, 11) is 0. The molecule has 0 amide bonds. The van der Waals surface area contributed by atoms with Crippen molar-refractivity contribution in [3.63, 3.8) is 0 Å². The van der Waals surface area contributed by atoms with E-state index in [0.29, 0.717) is 13.1 Å². The summed E-state index contributed by atoms with van der Waals surface area (Å²) in [5.74, 6) is -0.494. The predicted molar refractivity (Wildman–Crippen MR) is 72.3 cm³/mol. The van der Waals surface area contributed by atoms with Gasteiger partial charge in [-0.15, -0.1) is 5.10 Å². The van der Waals surface area contributed by atoms with Crippen LogP contribution < -0.4 is 5.73 Å². The van der Waals surface area contributed by atoms with Gasteiger partial charge in [-0.05, 0) is 17.7 Å². The highest BCUT2D eigenvalue weighted by Gasteiger charge is 2.12. The van der Waals surface area contributed by atoms with E-state index in [1.807, 2.05) is 24.3 Å². The number of hydrogen-bond acceptors (Lipinski definition) is 5. The first kappa shape index (κ1) is 13.7. The number of esters is 1. The largest absolute Gasteiger partial charge is 0.456 e. The van der Waals surface area contributed by atoms with E-state index in [1.54, 1.807) is 0 Å². The highest BCUT2D eigenvalue weighted by atomic mass is 79.9. The number of halogens is 1. The van der Waals surface area contributed by atoms with Gasteiger partial charge in [0.15, 0.2) is 5.69 Å². The fourth-order valence-corrected chi connectivity index (χ4v) is 1.70. The second kappa shape index (κ2) is 6.44. The minimum atomic E-state index is -0.494. The molecule has 1 aromatic carbocycles. The number of hydrogen-bond donors (Lipinski definition) is 1. The van der Waals surface area contributed by atoms with Crippen LogP contribution in [0, 0.1) is 0 Å². The minimum Gasteiger partial charge on any atom is -0.456 e. The Labute approximate surface area is 118 Å². The van der Waals surface area contributed by atoms with Crippen molar-refractivity contribution in [2.24, 2.45) is 5.73 Å². The summed E-state index contributed by atoms with van der Waals surface area (Å²) >= 11 is 3.34. The summed E-state index contributed by atoms with van der Waals surface area (Å²) in [4.78, 5) is 11.7. The Morgan fingerprint density at radius 2 is 2.11 bits per heavy atom. The van der Waals surface area contributed by atoms with Gasteiger partial charge in [-0.25, -0.2) is 4.79 Å². The van der Waals surface area contributed by atoms with E-state index in [9.17, 15) is 4.79 Å². The van der Waals surface area contributed by atoms with Crippen LogP contribution in [-0.2, 0) is 17.9 Å². The van der Waals surface area contributed by atoms with E-state index in [2.05, 4.69) is 26.2 Å². The van der Waals surface area contributed by atoms with Gasteiger partial charge in [0.05, 0.1) is 12.7 Å². The maximum Gasteiger partial charge on any atom is 0.360 e. The number of benzene rings is 1. The number of carbonyl (C=O) groups excluding carboxylic acids is 1. The Hall–Kier alpha value is -1.73. The highest BCUT2D eigenvalue weighted by molar-refractivity contribution is 9.10. The van der Waals surface area contributed by atoms with E-state index >= 15 is 0 Å². The minimum absolute atomic E-state index is 0.186. The summed E-state index contributed by atoms with van der Waals surface area (Å²) in [6.07, 6.45) is 1.52. The van der Waals surface area contributed by atoms with E-state index in [4.69, 9.17) is 10.5 Å². The van der Waals surface area contributed by atoms with E-state index in [-0.39, 0.29) is 12.3 Å². The lowest BCUT2D eigenvalue weighted by Gasteiger charge is -2.02. The molecule has 2 N–H and O–H groups in total. The fourth-order valence-electron chi connectivity index (χ4n) is 1.44. The zero-order valence-corrected chi connectivity index (χ0v) is 11.7. The van der Waals surface area contributed by atoms with E-state index in [1.165, 1.54) is 10.9 Å². The third-order valence-corrected chi connectivity index (χ3v) is 2.92. The fraction of sp³-hybridized carbons (Fsp3) is 0.250. The van der Waals surface area contributed by atoms with Crippen molar-refractivity contribution in [1.29, 1.82) is 0 Å². The lowest BCUT2D eigenvalue weighted by atomic mass is 10.2. The van der Waals surface area contributed by atoms with Crippen LogP contribution in [0.1, 0.15) is 16.1 Å². The summed E-state index contributed by atoms with van der Waals surface area (Å²) in [5.41, 5.74) is 6.48. The summed E-state index contributed by atoms with van der Waals surface area (Å²) < 4.78 is 7.63. The van der Waals surface area contributed by atoms with Crippen LogP contribution in [-0.4, -0.2) is 27.5 Å². The molecule has 0 fully saturated rings. The molecule has 6 nitrogen and oxygen atoms in total. The molecule has 0 aliphatic heterocycles. The lowest BCUT2D eigenvalue weighted by molar-refractivity contribution is 0.0465. The third-order valence-electron chi connectivity index (χ3n) is 2.39. The number of aromatic nitrogens is 3. The van der Waals surface area contributed by atoms with Crippen LogP contribution in [0.25, 0.3) is 0 Å². The first-order valence-corrected chi connectivity index (χ1v) is 6.50. The normalized spacial score (nSPS) is 10.4. The average molecular weight is 325 g/mol. The van der Waals surface area contributed by atoms with Gasteiger partial charge in [-0.1, -0.05) is 33.3 Å². The van der Waals surface area contributed by atoms with Gasteiger partial charge in [0.25, 0.3) is 0 Å². The first-order valence-electron chi connectivity index (χ1n) is 5.71. The molecule has 0 radical (unpaired) electrons. The van der Waals surface area contributed by atoms with Gasteiger partial charge in [0.1, 0.15) is 6.61 Å². The van der Waals surface area contributed by atoms with E-state index in [0.717, 1.165) is 10.0 Å². The molecule has 0 atom stereocenters. The van der Waals surface area contributed by atoms with Crippen molar-refractivity contribution in [2.75, 3.05) is 6.54 Å². The number of nitrogens with zero attached hydrogens (tertiary/aromatic N) is 3. The van der Waals surface area contributed by atoms with Crippen molar-refractivity contribution >= 4 is 21.9 Å². The number of nitrogens with two attached hydrogens (primary N) is 1. The van der Waals surface area contributed by atoms with Gasteiger partial charge < -0.3 is 10.5 Å². The summed E-state index contributed by atoms with van der Waals surface area (Å²) in [6.45, 7) is 1.17.